The Kier molecular flexibility index (Phi) is 4.74. The van der Waals surface area contributed by atoms with Gasteiger partial charge in [-0.1, -0.05) is 0 Å². The van der Waals surface area contributed by atoms with Crippen LogP contribution < -0.4 is 5.73 Å². The van der Waals surface area contributed by atoms with E-state index in [-0.39, 0.29) is 17.4 Å². The second kappa shape index (κ2) is 6.52. The van der Waals surface area contributed by atoms with Gasteiger partial charge < -0.3 is 10.8 Å². The Morgan fingerprint density at radius 1 is 1.20 bits per heavy atom. The summed E-state index contributed by atoms with van der Waals surface area (Å²) in [5, 5.41) is 9.20. The number of hydrogen-bond donors (Lipinski definition) is 2. The number of rotatable bonds is 5. The van der Waals surface area contributed by atoms with Gasteiger partial charge in [0.15, 0.2) is 5.78 Å². The molecule has 5 heteroatoms. The van der Waals surface area contributed by atoms with Crippen LogP contribution in [0.2, 0.25) is 0 Å². The number of hydrogen-bond acceptors (Lipinski definition) is 4. The van der Waals surface area contributed by atoms with Gasteiger partial charge in [-0.3, -0.25) is 14.5 Å². The molecule has 5 nitrogen and oxygen atoms in total. The molecule has 108 valence electrons. The van der Waals surface area contributed by atoms with Crippen molar-refractivity contribution >= 4 is 11.7 Å². The highest BCUT2D eigenvalue weighted by atomic mass is 16.3. The number of benzene rings is 1. The smallest absolute Gasteiger partial charge is 0.217 e. The molecule has 1 heterocycles. The predicted octanol–water partition coefficient (Wildman–Crippen LogP) is 1.16. The summed E-state index contributed by atoms with van der Waals surface area (Å²) in [6.45, 7) is 2.03. The van der Waals surface area contributed by atoms with Gasteiger partial charge in [0.2, 0.25) is 5.91 Å². The van der Waals surface area contributed by atoms with Crippen molar-refractivity contribution in [2.45, 2.75) is 19.3 Å². The Bertz CT molecular complexity index is 476. The molecule has 0 unspecified atom stereocenters. The van der Waals surface area contributed by atoms with Crippen LogP contribution in [0.3, 0.4) is 0 Å². The number of carbonyl (C=O) groups excluding carboxylic acids is 2. The van der Waals surface area contributed by atoms with E-state index in [0.29, 0.717) is 24.4 Å². The molecule has 0 bridgehead atoms. The van der Waals surface area contributed by atoms with Gasteiger partial charge in [0.25, 0.3) is 0 Å². The molecule has 20 heavy (non-hydrogen) atoms. The fourth-order valence-corrected chi connectivity index (χ4v) is 2.57. The summed E-state index contributed by atoms with van der Waals surface area (Å²) < 4.78 is 0. The quantitative estimate of drug-likeness (QED) is 0.791. The summed E-state index contributed by atoms with van der Waals surface area (Å²) in [5.41, 5.74) is 5.81. The number of phenols is 1. The van der Waals surface area contributed by atoms with E-state index in [1.54, 1.807) is 12.1 Å². The number of nitrogens with two attached hydrogens (primary N) is 1. The maximum atomic E-state index is 12.1. The molecule has 0 atom stereocenters. The van der Waals surface area contributed by atoms with Crippen LogP contribution in [-0.4, -0.2) is 41.3 Å². The lowest BCUT2D eigenvalue weighted by atomic mass is 9.93. The van der Waals surface area contributed by atoms with E-state index in [9.17, 15) is 14.7 Å². The second-order valence-electron chi connectivity index (χ2n) is 5.36. The van der Waals surface area contributed by atoms with E-state index < -0.39 is 0 Å². The molecular formula is C15H20N2O3. The lowest BCUT2D eigenvalue weighted by Crippen LogP contribution is -2.38. The minimum Gasteiger partial charge on any atom is -0.508 e. The number of nitrogens with zero attached hydrogens (tertiary/aromatic N) is 1. The van der Waals surface area contributed by atoms with Gasteiger partial charge in [-0.05, 0) is 56.1 Å². The maximum absolute atomic E-state index is 12.1. The number of phenolic OH excluding ortho intramolecular Hbond substituents is 1. The topological polar surface area (TPSA) is 83.6 Å². The van der Waals surface area contributed by atoms with Crippen LogP contribution in [0.25, 0.3) is 0 Å². The average Bonchev–Trinajstić information content (AvgIpc) is 2.41. The van der Waals surface area contributed by atoms with Crippen LogP contribution in [-0.2, 0) is 4.79 Å². The number of amides is 1. The van der Waals surface area contributed by atoms with E-state index in [2.05, 4.69) is 4.90 Å². The van der Waals surface area contributed by atoms with Crippen LogP contribution in [0, 0.1) is 5.92 Å². The van der Waals surface area contributed by atoms with Gasteiger partial charge in [-0.25, -0.2) is 0 Å². The normalized spacial score (nSPS) is 17.0. The summed E-state index contributed by atoms with van der Waals surface area (Å²) in [6, 6.07) is 6.31. The molecule has 1 aliphatic heterocycles. The van der Waals surface area contributed by atoms with Crippen LogP contribution in [0.5, 0.6) is 5.75 Å². The highest BCUT2D eigenvalue weighted by molar-refractivity contribution is 5.97. The van der Waals surface area contributed by atoms with Gasteiger partial charge >= 0.3 is 0 Å². The number of aromatic hydroxyl groups is 1. The standard InChI is InChI=1S/C15H20N2O3/c16-15(20)9-11-5-7-17(8-6-11)10-14(19)12-1-3-13(18)4-2-12/h1-4,11,18H,5-10H2,(H2,16,20). The number of carbonyl (C=O) groups is 2. The van der Waals surface area contributed by atoms with E-state index in [1.165, 1.54) is 12.1 Å². The van der Waals surface area contributed by atoms with Gasteiger partial charge in [0.05, 0.1) is 6.54 Å². The first-order chi connectivity index (χ1) is 9.54. The first kappa shape index (κ1) is 14.5. The fraction of sp³-hybridized carbons (Fsp3) is 0.467. The van der Waals surface area contributed by atoms with Gasteiger partial charge in [-0.2, -0.15) is 0 Å². The summed E-state index contributed by atoms with van der Waals surface area (Å²) >= 11 is 0. The van der Waals surface area contributed by atoms with E-state index in [4.69, 9.17) is 5.73 Å². The molecule has 0 aliphatic carbocycles. The zero-order chi connectivity index (χ0) is 14.5. The predicted molar refractivity (Wildman–Crippen MR) is 75.4 cm³/mol. The third kappa shape index (κ3) is 4.06. The highest BCUT2D eigenvalue weighted by Gasteiger charge is 2.22. The molecule has 0 aromatic heterocycles. The van der Waals surface area contributed by atoms with Gasteiger partial charge in [-0.15, -0.1) is 0 Å². The molecule has 0 radical (unpaired) electrons. The zero-order valence-corrected chi connectivity index (χ0v) is 11.4. The number of piperidine rings is 1. The zero-order valence-electron chi connectivity index (χ0n) is 11.4. The molecule has 1 aliphatic rings. The van der Waals surface area contributed by atoms with Gasteiger partial charge in [0.1, 0.15) is 5.75 Å². The first-order valence-electron chi connectivity index (χ1n) is 6.87. The molecule has 0 saturated carbocycles. The molecule has 1 aromatic rings. The summed E-state index contributed by atoms with van der Waals surface area (Å²) in [5.74, 6) is 0.323. The lowest BCUT2D eigenvalue weighted by Gasteiger charge is -2.30. The van der Waals surface area contributed by atoms with Crippen molar-refractivity contribution in [3.8, 4) is 5.75 Å². The summed E-state index contributed by atoms with van der Waals surface area (Å²) in [7, 11) is 0. The van der Waals surface area contributed by atoms with E-state index in [0.717, 1.165) is 25.9 Å². The third-order valence-electron chi connectivity index (χ3n) is 3.75. The Morgan fingerprint density at radius 3 is 2.35 bits per heavy atom. The number of ketones is 1. The maximum Gasteiger partial charge on any atom is 0.217 e. The Balaban J connectivity index is 1.82. The number of likely N-dealkylation sites (tertiary alicyclic amines) is 1. The molecule has 1 saturated heterocycles. The van der Waals surface area contributed by atoms with Crippen molar-refractivity contribution in [1.29, 1.82) is 0 Å². The van der Waals surface area contributed by atoms with Crippen molar-refractivity contribution < 1.29 is 14.7 Å². The third-order valence-corrected chi connectivity index (χ3v) is 3.75. The van der Waals surface area contributed by atoms with E-state index in [1.807, 2.05) is 0 Å². The molecule has 0 spiro atoms. The van der Waals surface area contributed by atoms with Crippen LogP contribution in [0.4, 0.5) is 0 Å². The number of primary amides is 1. The Morgan fingerprint density at radius 2 is 1.80 bits per heavy atom. The van der Waals surface area contributed by atoms with Crippen molar-refractivity contribution in [2.75, 3.05) is 19.6 Å². The van der Waals surface area contributed by atoms with Crippen LogP contribution in [0.15, 0.2) is 24.3 Å². The van der Waals surface area contributed by atoms with Crippen molar-refractivity contribution in [3.05, 3.63) is 29.8 Å². The molecule has 2 rings (SSSR count). The summed E-state index contributed by atoms with van der Waals surface area (Å²) in [6.07, 6.45) is 2.26. The molecule has 3 N–H and O–H groups in total. The number of Topliss-reactive ketones (excluding diaryl/α,β-unsaturated/α-hetero) is 1. The second-order valence-corrected chi connectivity index (χ2v) is 5.36. The first-order valence-corrected chi connectivity index (χ1v) is 6.87. The highest BCUT2D eigenvalue weighted by Crippen LogP contribution is 2.20. The Hall–Kier alpha value is -1.88. The fourth-order valence-electron chi connectivity index (χ4n) is 2.57. The van der Waals surface area contributed by atoms with Crippen molar-refractivity contribution in [3.63, 3.8) is 0 Å². The molecule has 1 fully saturated rings. The Labute approximate surface area is 118 Å². The largest absolute Gasteiger partial charge is 0.508 e. The van der Waals surface area contributed by atoms with E-state index >= 15 is 0 Å². The molecular weight excluding hydrogens is 256 g/mol. The minimum atomic E-state index is -0.247. The monoisotopic (exact) mass is 276 g/mol. The van der Waals surface area contributed by atoms with Crippen molar-refractivity contribution in [1.82, 2.24) is 4.90 Å². The van der Waals surface area contributed by atoms with Crippen molar-refractivity contribution in [2.24, 2.45) is 11.7 Å². The SMILES string of the molecule is NC(=O)CC1CCN(CC(=O)c2ccc(O)cc2)CC1. The van der Waals surface area contributed by atoms with Gasteiger partial charge in [0, 0.05) is 12.0 Å². The molecule has 1 aromatic carbocycles. The minimum absolute atomic E-state index is 0.0540. The lowest BCUT2D eigenvalue weighted by molar-refractivity contribution is -0.119. The van der Waals surface area contributed by atoms with Crippen LogP contribution >= 0.6 is 0 Å². The van der Waals surface area contributed by atoms with Crippen LogP contribution in [0.1, 0.15) is 29.6 Å². The summed E-state index contributed by atoms with van der Waals surface area (Å²) in [4.78, 5) is 25.1. The average molecular weight is 276 g/mol. The molecule has 1 amide bonds.